The van der Waals surface area contributed by atoms with Crippen LogP contribution in [-0.2, 0) is 30.7 Å². The number of anilines is 1. The Balaban J connectivity index is 1.37. The van der Waals surface area contributed by atoms with Gasteiger partial charge >= 0.3 is 6.09 Å². The number of carbonyl (C=O) groups is 1. The van der Waals surface area contributed by atoms with E-state index in [9.17, 15) is 18.3 Å². The van der Waals surface area contributed by atoms with E-state index in [4.69, 9.17) is 14.2 Å². The summed E-state index contributed by atoms with van der Waals surface area (Å²) < 4.78 is 47.3. The first-order chi connectivity index (χ1) is 25.6. The number of benzene rings is 2. The summed E-state index contributed by atoms with van der Waals surface area (Å²) in [5, 5.41) is 23.2. The highest BCUT2D eigenvalue weighted by Gasteiger charge is 2.44. The van der Waals surface area contributed by atoms with E-state index in [-0.39, 0.29) is 49.1 Å². The maximum Gasteiger partial charge on any atom is 0.407 e. The lowest BCUT2D eigenvalue weighted by Gasteiger charge is -2.31. The largest absolute Gasteiger partial charge is 0.443 e. The van der Waals surface area contributed by atoms with Crippen molar-refractivity contribution in [1.82, 2.24) is 19.8 Å². The van der Waals surface area contributed by atoms with Gasteiger partial charge in [-0.05, 0) is 55.4 Å². The number of ether oxygens (including phenoxy) is 3. The number of H-pyrrole nitrogens is 1. The van der Waals surface area contributed by atoms with Gasteiger partial charge in [-0.15, -0.1) is 0 Å². The number of hydrogen-bond donors (Lipinski definition) is 3. The highest BCUT2D eigenvalue weighted by Crippen LogP contribution is 2.33. The molecule has 12 nitrogen and oxygen atoms in total. The number of carbonyl (C=O) groups excluding carboxylic acids is 1. The lowest BCUT2D eigenvalue weighted by Crippen LogP contribution is -2.51. The fourth-order valence-electron chi connectivity index (χ4n) is 7.35. The van der Waals surface area contributed by atoms with Gasteiger partial charge in [0.2, 0.25) is 10.0 Å². The highest BCUT2D eigenvalue weighted by molar-refractivity contribution is 7.89. The number of alkyl carbamates (subject to hydrolysis) is 1. The van der Waals surface area contributed by atoms with Gasteiger partial charge in [0.05, 0.1) is 41.7 Å². The Kier molecular flexibility index (Phi) is 15.4. The van der Waals surface area contributed by atoms with Crippen LogP contribution in [-0.4, -0.2) is 98.1 Å². The minimum absolute atomic E-state index is 0.0265. The Hall–Kier alpha value is -3.23. The zero-order valence-corrected chi connectivity index (χ0v) is 32.9. The van der Waals surface area contributed by atoms with Crippen LogP contribution >= 0.6 is 0 Å². The van der Waals surface area contributed by atoms with Crippen molar-refractivity contribution < 1.29 is 32.5 Å². The van der Waals surface area contributed by atoms with Crippen LogP contribution in [0.3, 0.4) is 0 Å². The molecule has 1 unspecified atom stereocenters. The van der Waals surface area contributed by atoms with Gasteiger partial charge in [0.25, 0.3) is 0 Å². The van der Waals surface area contributed by atoms with E-state index in [1.165, 1.54) is 17.1 Å². The molecule has 2 fully saturated rings. The summed E-state index contributed by atoms with van der Waals surface area (Å²) in [4.78, 5) is 15.7. The number of aromatic amines is 1. The maximum atomic E-state index is 14.5. The van der Waals surface area contributed by atoms with Gasteiger partial charge in [0, 0.05) is 31.6 Å². The van der Waals surface area contributed by atoms with Gasteiger partial charge in [-0.2, -0.15) is 9.40 Å². The van der Waals surface area contributed by atoms with Crippen LogP contribution in [0, 0.1) is 11.8 Å². The van der Waals surface area contributed by atoms with Crippen LogP contribution in [0.15, 0.2) is 53.4 Å². The fourth-order valence-corrected chi connectivity index (χ4v) is 9.00. The summed E-state index contributed by atoms with van der Waals surface area (Å²) in [7, 11) is -4.08. The molecule has 2 aliphatic rings. The summed E-state index contributed by atoms with van der Waals surface area (Å²) in [5.41, 5.74) is 1.66. The van der Waals surface area contributed by atoms with Crippen LogP contribution < -0.4 is 10.2 Å². The van der Waals surface area contributed by atoms with Crippen LogP contribution in [0.2, 0.25) is 0 Å². The number of aromatic nitrogens is 2. The number of fused-ring (bicyclic) bond motifs is 2. The molecule has 5 atom stereocenters. The van der Waals surface area contributed by atoms with E-state index in [1.807, 2.05) is 44.2 Å². The fraction of sp³-hybridized carbons (Fsp3) is 0.650. The standard InChI is InChI=1S/C40H61N5O7S/c1-5-7-9-14-21-44(22-15-10-8-6-2)38-33-25-31(18-19-34(33)42-43-38)53(48,49)45(26-29(3)4)27-36(46)35(24-30-16-12-11-13-17-30)41-40(47)52-37-28-51-39-32(37)20-23-50-39/h11-13,16-19,25,29,32,35-37,39,46H,5-10,14-15,20-24,26-28H2,1-4H3,(H,41,47)(H,42,43)/t32-,35-,36+,37?,39+/m0/s1. The van der Waals surface area contributed by atoms with E-state index in [1.54, 1.807) is 18.2 Å². The van der Waals surface area contributed by atoms with Crippen LogP contribution in [0.4, 0.5) is 10.6 Å². The third-order valence-electron chi connectivity index (χ3n) is 10.3. The molecular weight excluding hydrogens is 695 g/mol. The molecule has 3 aromatic rings. The molecule has 0 aliphatic carbocycles. The molecule has 3 N–H and O–H groups in total. The first-order valence-corrected chi connectivity index (χ1v) is 21.2. The second kappa shape index (κ2) is 19.9. The molecule has 1 amide bonds. The van der Waals surface area contributed by atoms with Crippen molar-refractivity contribution in [2.75, 3.05) is 44.3 Å². The van der Waals surface area contributed by atoms with Gasteiger partial charge in [0.1, 0.15) is 6.10 Å². The van der Waals surface area contributed by atoms with Crippen LogP contribution in [0.25, 0.3) is 10.9 Å². The van der Waals surface area contributed by atoms with Crippen LogP contribution in [0.1, 0.15) is 91.0 Å². The second-order valence-corrected chi connectivity index (χ2v) is 17.0. The number of unbranched alkanes of at least 4 members (excludes halogenated alkanes) is 6. The van der Waals surface area contributed by atoms with Crippen molar-refractivity contribution in [2.24, 2.45) is 11.8 Å². The molecule has 2 saturated heterocycles. The summed E-state index contributed by atoms with van der Waals surface area (Å²) in [6, 6.07) is 13.8. The Labute approximate surface area is 316 Å². The minimum Gasteiger partial charge on any atom is -0.443 e. The van der Waals surface area contributed by atoms with Gasteiger partial charge in [0.15, 0.2) is 12.1 Å². The quantitative estimate of drug-likeness (QED) is 0.0962. The average Bonchev–Trinajstić information content (AvgIpc) is 3.88. The predicted molar refractivity (Wildman–Crippen MR) is 207 cm³/mol. The number of sulfonamides is 1. The number of aliphatic hydroxyl groups is 1. The average molecular weight is 756 g/mol. The first-order valence-electron chi connectivity index (χ1n) is 19.8. The minimum atomic E-state index is -4.08. The summed E-state index contributed by atoms with van der Waals surface area (Å²) in [6.07, 6.45) is 7.30. The summed E-state index contributed by atoms with van der Waals surface area (Å²) >= 11 is 0. The Bertz CT molecular complexity index is 1660. The highest BCUT2D eigenvalue weighted by atomic mass is 32.2. The van der Waals surface area contributed by atoms with Crippen molar-refractivity contribution >= 4 is 32.8 Å². The van der Waals surface area contributed by atoms with E-state index in [0.29, 0.717) is 6.61 Å². The lowest BCUT2D eigenvalue weighted by atomic mass is 10.0. The Morgan fingerprint density at radius 1 is 1.00 bits per heavy atom. The number of rotatable bonds is 22. The topological polar surface area (TPSA) is 146 Å². The number of nitrogens with one attached hydrogen (secondary N) is 2. The van der Waals surface area contributed by atoms with Crippen molar-refractivity contribution in [3.8, 4) is 0 Å². The van der Waals surface area contributed by atoms with E-state index in [2.05, 4.69) is 34.3 Å². The van der Waals surface area contributed by atoms with E-state index in [0.717, 1.165) is 80.3 Å². The van der Waals surface area contributed by atoms with Crippen LogP contribution in [0.5, 0.6) is 0 Å². The van der Waals surface area contributed by atoms with E-state index >= 15 is 0 Å². The van der Waals surface area contributed by atoms with Crippen molar-refractivity contribution in [3.63, 3.8) is 0 Å². The molecule has 53 heavy (non-hydrogen) atoms. The molecule has 0 bridgehead atoms. The molecule has 0 saturated carbocycles. The first kappa shape index (κ1) is 40.9. The molecule has 13 heteroatoms. The number of hydrogen-bond acceptors (Lipinski definition) is 9. The molecule has 2 aromatic carbocycles. The monoisotopic (exact) mass is 755 g/mol. The normalized spacial score (nSPS) is 19.9. The Morgan fingerprint density at radius 3 is 2.40 bits per heavy atom. The SMILES string of the molecule is CCCCCCN(CCCCCC)c1n[nH]c2ccc(S(=O)(=O)N(CC(C)C)C[C@@H](O)[C@H](Cc3ccccc3)NC(=O)OC3CO[C@H]4OCC[C@@H]34)cc12. The van der Waals surface area contributed by atoms with Gasteiger partial charge in [-0.1, -0.05) is 96.6 Å². The maximum absolute atomic E-state index is 14.5. The molecule has 1 aromatic heterocycles. The molecule has 3 heterocycles. The molecule has 2 aliphatic heterocycles. The smallest absolute Gasteiger partial charge is 0.407 e. The van der Waals surface area contributed by atoms with Crippen molar-refractivity contribution in [2.45, 2.75) is 121 Å². The number of amides is 1. The molecule has 0 spiro atoms. The third kappa shape index (κ3) is 11.2. The number of aliphatic hydroxyl groups excluding tert-OH is 1. The molecular formula is C40H61N5O7S. The summed E-state index contributed by atoms with van der Waals surface area (Å²) in [6.45, 7) is 10.8. The molecule has 0 radical (unpaired) electrons. The second-order valence-electron chi connectivity index (χ2n) is 15.1. The third-order valence-corrected chi connectivity index (χ3v) is 12.1. The molecule has 5 rings (SSSR count). The zero-order valence-electron chi connectivity index (χ0n) is 32.0. The zero-order chi connectivity index (χ0) is 37.8. The van der Waals surface area contributed by atoms with Gasteiger partial charge in [-0.3, -0.25) is 5.10 Å². The van der Waals surface area contributed by atoms with Crippen molar-refractivity contribution in [1.29, 1.82) is 0 Å². The van der Waals surface area contributed by atoms with Gasteiger partial charge in [-0.25, -0.2) is 13.2 Å². The van der Waals surface area contributed by atoms with Gasteiger partial charge < -0.3 is 29.5 Å². The molecule has 294 valence electrons. The predicted octanol–water partition coefficient (Wildman–Crippen LogP) is 6.64. The summed E-state index contributed by atoms with van der Waals surface area (Å²) in [5.74, 6) is 0.711. The lowest BCUT2D eigenvalue weighted by molar-refractivity contribution is -0.0907. The Morgan fingerprint density at radius 2 is 1.72 bits per heavy atom. The van der Waals surface area contributed by atoms with Crippen molar-refractivity contribution in [3.05, 3.63) is 54.1 Å². The van der Waals surface area contributed by atoms with E-state index < -0.39 is 34.4 Å². The number of nitrogens with zero attached hydrogens (tertiary/aromatic N) is 3.